The number of rotatable bonds is 3. The van der Waals surface area contributed by atoms with Crippen molar-refractivity contribution >= 4 is 34.8 Å². The van der Waals surface area contributed by atoms with Gasteiger partial charge in [-0.05, 0) is 30.7 Å². The third-order valence-electron chi connectivity index (χ3n) is 4.53. The topological polar surface area (TPSA) is 65.5 Å². The number of anilines is 2. The maximum absolute atomic E-state index is 12.9. The van der Waals surface area contributed by atoms with Crippen LogP contribution in [0.2, 0.25) is 5.02 Å². The van der Waals surface area contributed by atoms with Gasteiger partial charge in [0.1, 0.15) is 0 Å². The Bertz CT molecular complexity index is 832. The van der Waals surface area contributed by atoms with Crippen molar-refractivity contribution in [1.29, 1.82) is 0 Å². The molecule has 136 valence electrons. The number of benzene rings is 1. The highest BCUT2D eigenvalue weighted by Crippen LogP contribution is 2.26. The fraction of sp³-hybridized carbons (Fsp3) is 0.316. The molecule has 6 nitrogen and oxygen atoms in total. The van der Waals surface area contributed by atoms with Gasteiger partial charge in [0.05, 0.1) is 10.7 Å². The van der Waals surface area contributed by atoms with Crippen molar-refractivity contribution < 1.29 is 9.59 Å². The first-order valence-corrected chi connectivity index (χ1v) is 8.86. The zero-order valence-corrected chi connectivity index (χ0v) is 15.6. The summed E-state index contributed by atoms with van der Waals surface area (Å²) in [6.07, 6.45) is 3.35. The Hall–Kier alpha value is -2.60. The van der Waals surface area contributed by atoms with E-state index in [4.69, 9.17) is 11.6 Å². The number of nitrogens with one attached hydrogen (secondary N) is 1. The van der Waals surface area contributed by atoms with Crippen LogP contribution in [0.15, 0.2) is 36.7 Å². The average Bonchev–Trinajstić information content (AvgIpc) is 2.63. The van der Waals surface area contributed by atoms with Crippen LogP contribution in [0.25, 0.3) is 0 Å². The van der Waals surface area contributed by atoms with Gasteiger partial charge in [-0.1, -0.05) is 17.7 Å². The zero-order valence-electron chi connectivity index (χ0n) is 14.8. The number of pyridine rings is 1. The summed E-state index contributed by atoms with van der Waals surface area (Å²) in [4.78, 5) is 32.3. The van der Waals surface area contributed by atoms with Gasteiger partial charge >= 0.3 is 0 Å². The van der Waals surface area contributed by atoms with E-state index >= 15 is 0 Å². The van der Waals surface area contributed by atoms with Crippen LogP contribution < -0.4 is 10.2 Å². The Morgan fingerprint density at radius 3 is 2.54 bits per heavy atom. The minimum Gasteiger partial charge on any atom is -0.367 e. The van der Waals surface area contributed by atoms with Crippen LogP contribution in [0, 0.1) is 6.92 Å². The van der Waals surface area contributed by atoms with Gasteiger partial charge in [0, 0.05) is 56.7 Å². The first kappa shape index (κ1) is 18.2. The van der Waals surface area contributed by atoms with Crippen LogP contribution in [0.4, 0.5) is 11.4 Å². The Morgan fingerprint density at radius 2 is 1.88 bits per heavy atom. The second-order valence-corrected chi connectivity index (χ2v) is 6.67. The van der Waals surface area contributed by atoms with E-state index in [1.165, 1.54) is 6.92 Å². The highest BCUT2D eigenvalue weighted by Gasteiger charge is 2.24. The number of piperazine rings is 1. The number of halogens is 1. The number of carbonyl (C=O) groups excluding carboxylic acids is 2. The van der Waals surface area contributed by atoms with Crippen LogP contribution >= 0.6 is 11.6 Å². The van der Waals surface area contributed by atoms with Gasteiger partial charge in [0.2, 0.25) is 5.91 Å². The van der Waals surface area contributed by atoms with Crippen LogP contribution in [0.3, 0.4) is 0 Å². The Labute approximate surface area is 157 Å². The van der Waals surface area contributed by atoms with Crippen LogP contribution in [-0.4, -0.2) is 47.9 Å². The molecule has 1 fully saturated rings. The van der Waals surface area contributed by atoms with Crippen molar-refractivity contribution in [2.24, 2.45) is 0 Å². The summed E-state index contributed by atoms with van der Waals surface area (Å²) in [6, 6.07) is 7.28. The smallest absolute Gasteiger partial charge is 0.254 e. The van der Waals surface area contributed by atoms with Gasteiger partial charge < -0.3 is 15.1 Å². The predicted molar refractivity (Wildman–Crippen MR) is 103 cm³/mol. The lowest BCUT2D eigenvalue weighted by atomic mass is 10.0. The molecule has 0 atom stereocenters. The summed E-state index contributed by atoms with van der Waals surface area (Å²) in [7, 11) is 0. The van der Waals surface area contributed by atoms with E-state index < -0.39 is 0 Å². The monoisotopic (exact) mass is 372 g/mol. The van der Waals surface area contributed by atoms with Crippen molar-refractivity contribution in [3.8, 4) is 0 Å². The van der Waals surface area contributed by atoms with Gasteiger partial charge in [0.15, 0.2) is 0 Å². The molecule has 0 aliphatic carbocycles. The van der Waals surface area contributed by atoms with E-state index in [0.29, 0.717) is 42.5 Å². The second kappa shape index (κ2) is 7.74. The number of carbonyl (C=O) groups is 2. The van der Waals surface area contributed by atoms with E-state index in [1.807, 2.05) is 17.9 Å². The summed E-state index contributed by atoms with van der Waals surface area (Å²) < 4.78 is 0. The fourth-order valence-electron chi connectivity index (χ4n) is 3.14. The Balaban J connectivity index is 1.71. The second-order valence-electron chi connectivity index (χ2n) is 6.27. The van der Waals surface area contributed by atoms with Gasteiger partial charge in [-0.25, -0.2) is 0 Å². The molecule has 1 aliphatic rings. The highest BCUT2D eigenvalue weighted by atomic mass is 35.5. The van der Waals surface area contributed by atoms with E-state index in [0.717, 1.165) is 11.3 Å². The summed E-state index contributed by atoms with van der Waals surface area (Å²) in [6.45, 7) is 5.95. The SMILES string of the molecule is CC(=O)Nc1cccc(C(=O)N2CCN(c3ccncc3Cl)CC2)c1C. The molecule has 2 aromatic rings. The molecule has 26 heavy (non-hydrogen) atoms. The average molecular weight is 373 g/mol. The maximum atomic E-state index is 12.9. The molecule has 0 radical (unpaired) electrons. The van der Waals surface area contributed by atoms with Crippen molar-refractivity contribution in [3.05, 3.63) is 52.8 Å². The molecule has 0 unspecified atom stereocenters. The maximum Gasteiger partial charge on any atom is 0.254 e. The normalized spacial score (nSPS) is 14.3. The van der Waals surface area contributed by atoms with Crippen molar-refractivity contribution in [2.45, 2.75) is 13.8 Å². The number of amides is 2. The molecule has 3 rings (SSSR count). The standard InChI is InChI=1S/C19H21ClN4O2/c1-13-15(4-3-5-17(13)22-14(2)25)19(26)24-10-8-23(9-11-24)18-6-7-21-12-16(18)20/h3-7,12H,8-11H2,1-2H3,(H,22,25). The minimum absolute atomic E-state index is 0.0184. The number of aromatic nitrogens is 1. The number of nitrogens with zero attached hydrogens (tertiary/aromatic N) is 3. The summed E-state index contributed by atoms with van der Waals surface area (Å²) in [5, 5.41) is 3.38. The molecule has 2 amide bonds. The van der Waals surface area contributed by atoms with Gasteiger partial charge in [-0.3, -0.25) is 14.6 Å². The van der Waals surface area contributed by atoms with Gasteiger partial charge in [-0.15, -0.1) is 0 Å². The summed E-state index contributed by atoms with van der Waals surface area (Å²) in [5.74, 6) is -0.171. The molecule has 1 aromatic carbocycles. The Kier molecular flexibility index (Phi) is 5.42. The molecule has 0 bridgehead atoms. The van der Waals surface area contributed by atoms with Crippen molar-refractivity contribution in [2.75, 3.05) is 36.4 Å². The molecular formula is C19H21ClN4O2. The van der Waals surface area contributed by atoms with Crippen molar-refractivity contribution in [3.63, 3.8) is 0 Å². The quantitative estimate of drug-likeness (QED) is 0.899. The lowest BCUT2D eigenvalue weighted by Crippen LogP contribution is -2.49. The van der Waals surface area contributed by atoms with Crippen LogP contribution in [0.1, 0.15) is 22.8 Å². The largest absolute Gasteiger partial charge is 0.367 e. The van der Waals surface area contributed by atoms with Crippen LogP contribution in [-0.2, 0) is 4.79 Å². The number of hydrogen-bond acceptors (Lipinski definition) is 4. The van der Waals surface area contributed by atoms with E-state index in [2.05, 4.69) is 15.2 Å². The fourth-order valence-corrected chi connectivity index (χ4v) is 3.38. The third kappa shape index (κ3) is 3.80. The third-order valence-corrected chi connectivity index (χ3v) is 4.82. The zero-order chi connectivity index (χ0) is 18.7. The lowest BCUT2D eigenvalue weighted by Gasteiger charge is -2.36. The molecule has 1 aliphatic heterocycles. The predicted octanol–water partition coefficient (Wildman–Crippen LogP) is 2.96. The van der Waals surface area contributed by atoms with E-state index in [1.54, 1.807) is 30.6 Å². The molecule has 0 saturated carbocycles. The molecule has 1 aromatic heterocycles. The summed E-state index contributed by atoms with van der Waals surface area (Å²) >= 11 is 6.21. The highest BCUT2D eigenvalue weighted by molar-refractivity contribution is 6.33. The first-order chi connectivity index (χ1) is 12.5. The molecular weight excluding hydrogens is 352 g/mol. The van der Waals surface area contributed by atoms with Crippen LogP contribution in [0.5, 0.6) is 0 Å². The first-order valence-electron chi connectivity index (χ1n) is 8.48. The molecule has 1 N–H and O–H groups in total. The lowest BCUT2D eigenvalue weighted by molar-refractivity contribution is -0.114. The number of hydrogen-bond donors (Lipinski definition) is 1. The minimum atomic E-state index is -0.152. The molecule has 1 saturated heterocycles. The van der Waals surface area contributed by atoms with Gasteiger partial charge in [-0.2, -0.15) is 0 Å². The van der Waals surface area contributed by atoms with Gasteiger partial charge in [0.25, 0.3) is 5.91 Å². The van der Waals surface area contributed by atoms with E-state index in [-0.39, 0.29) is 11.8 Å². The molecule has 7 heteroatoms. The van der Waals surface area contributed by atoms with E-state index in [9.17, 15) is 9.59 Å². The Morgan fingerprint density at radius 1 is 1.15 bits per heavy atom. The summed E-state index contributed by atoms with van der Waals surface area (Å²) in [5.41, 5.74) is 3.02. The molecule has 0 spiro atoms. The van der Waals surface area contributed by atoms with Crippen molar-refractivity contribution in [1.82, 2.24) is 9.88 Å². The molecule has 2 heterocycles.